The fourth-order valence-corrected chi connectivity index (χ4v) is 3.39. The molecular weight excluding hydrogens is 302 g/mol. The lowest BCUT2D eigenvalue weighted by Crippen LogP contribution is -2.49. The molecule has 1 saturated carbocycles. The van der Waals surface area contributed by atoms with E-state index in [1.54, 1.807) is 7.11 Å². The molecule has 1 aromatic rings. The predicted molar refractivity (Wildman–Crippen MR) is 83.6 cm³/mol. The molecule has 0 aliphatic heterocycles. The zero-order valence-corrected chi connectivity index (χ0v) is 13.5. The van der Waals surface area contributed by atoms with Crippen LogP contribution in [0.2, 0.25) is 0 Å². The number of nitrogens with one attached hydrogen (secondary N) is 1. The van der Waals surface area contributed by atoms with Crippen LogP contribution >= 0.6 is 15.9 Å². The minimum absolute atomic E-state index is 0.342. The summed E-state index contributed by atoms with van der Waals surface area (Å²) in [5.74, 6) is 0.896. The van der Waals surface area contributed by atoms with Crippen molar-refractivity contribution in [1.82, 2.24) is 5.32 Å². The van der Waals surface area contributed by atoms with E-state index in [0.29, 0.717) is 5.41 Å². The molecule has 1 aliphatic rings. The summed E-state index contributed by atoms with van der Waals surface area (Å²) < 4.78 is 6.26. The summed E-state index contributed by atoms with van der Waals surface area (Å²) in [6, 6.07) is 8.86. The average Bonchev–Trinajstić information content (AvgIpc) is 2.38. The van der Waals surface area contributed by atoms with E-state index < -0.39 is 0 Å². The first kappa shape index (κ1) is 15.0. The minimum Gasteiger partial charge on any atom is -0.383 e. The maximum absolute atomic E-state index is 5.10. The van der Waals surface area contributed by atoms with E-state index in [4.69, 9.17) is 4.74 Å². The van der Waals surface area contributed by atoms with Gasteiger partial charge in [-0.25, -0.2) is 0 Å². The van der Waals surface area contributed by atoms with E-state index in [1.807, 2.05) is 0 Å². The first-order valence-electron chi connectivity index (χ1n) is 7.16. The lowest BCUT2D eigenvalue weighted by atomic mass is 9.58. The fraction of sp³-hybridized carbons (Fsp3) is 0.625. The molecule has 2 nitrogen and oxygen atoms in total. The highest BCUT2D eigenvalue weighted by Crippen LogP contribution is 2.48. The molecule has 0 radical (unpaired) electrons. The Morgan fingerprint density at radius 2 is 2.00 bits per heavy atom. The van der Waals surface area contributed by atoms with Crippen molar-refractivity contribution >= 4 is 15.9 Å². The van der Waals surface area contributed by atoms with Crippen LogP contribution in [0.15, 0.2) is 28.7 Å². The largest absolute Gasteiger partial charge is 0.383 e. The Morgan fingerprint density at radius 3 is 2.58 bits per heavy atom. The molecule has 1 N–H and O–H groups in total. The fourth-order valence-electron chi connectivity index (χ4n) is 3.12. The zero-order chi connectivity index (χ0) is 13.7. The molecule has 2 rings (SSSR count). The van der Waals surface area contributed by atoms with Crippen LogP contribution in [0.1, 0.15) is 31.7 Å². The molecule has 106 valence electrons. The van der Waals surface area contributed by atoms with Crippen molar-refractivity contribution in [3.63, 3.8) is 0 Å². The Kier molecular flexibility index (Phi) is 5.43. The first-order valence-corrected chi connectivity index (χ1v) is 7.95. The molecule has 0 heterocycles. The summed E-state index contributed by atoms with van der Waals surface area (Å²) >= 11 is 3.52. The number of benzene rings is 1. The molecule has 1 aliphatic carbocycles. The second-order valence-corrected chi connectivity index (χ2v) is 6.55. The van der Waals surface area contributed by atoms with Crippen molar-refractivity contribution in [2.75, 3.05) is 26.8 Å². The standard InChI is InChI=1S/C16H24BrNO/c1-3-13-10-16(11-13,12-18-8-9-19-2)14-4-6-15(17)7-5-14/h4-7,13,18H,3,8-12H2,1-2H3. The zero-order valence-electron chi connectivity index (χ0n) is 11.9. The molecule has 0 saturated heterocycles. The van der Waals surface area contributed by atoms with Gasteiger partial charge in [0.15, 0.2) is 0 Å². The molecule has 0 unspecified atom stereocenters. The third-order valence-electron chi connectivity index (χ3n) is 4.34. The first-order chi connectivity index (χ1) is 9.20. The van der Waals surface area contributed by atoms with E-state index in [9.17, 15) is 0 Å². The van der Waals surface area contributed by atoms with E-state index in [0.717, 1.165) is 30.1 Å². The van der Waals surface area contributed by atoms with Crippen LogP contribution in [-0.2, 0) is 10.2 Å². The van der Waals surface area contributed by atoms with E-state index in [1.165, 1.54) is 24.8 Å². The number of methoxy groups -OCH3 is 1. The topological polar surface area (TPSA) is 21.3 Å². The Morgan fingerprint density at radius 1 is 1.32 bits per heavy atom. The van der Waals surface area contributed by atoms with E-state index in [-0.39, 0.29) is 0 Å². The van der Waals surface area contributed by atoms with Crippen LogP contribution in [0.4, 0.5) is 0 Å². The van der Waals surface area contributed by atoms with Gasteiger partial charge in [-0.2, -0.15) is 0 Å². The molecule has 0 aromatic heterocycles. The Hall–Kier alpha value is -0.380. The second-order valence-electron chi connectivity index (χ2n) is 5.64. The predicted octanol–water partition coefficient (Wildman–Crippen LogP) is 3.74. The van der Waals surface area contributed by atoms with Crippen LogP contribution in [0.25, 0.3) is 0 Å². The third kappa shape index (κ3) is 3.59. The highest BCUT2D eigenvalue weighted by atomic mass is 79.9. The molecule has 3 heteroatoms. The van der Waals surface area contributed by atoms with Crippen molar-refractivity contribution in [2.24, 2.45) is 5.92 Å². The Balaban J connectivity index is 2.01. The summed E-state index contributed by atoms with van der Waals surface area (Å²) in [7, 11) is 1.75. The second kappa shape index (κ2) is 6.87. The molecule has 1 fully saturated rings. The van der Waals surface area contributed by atoms with Crippen molar-refractivity contribution < 1.29 is 4.74 Å². The quantitative estimate of drug-likeness (QED) is 0.771. The third-order valence-corrected chi connectivity index (χ3v) is 4.87. The van der Waals surface area contributed by atoms with Crippen LogP contribution in [0.5, 0.6) is 0 Å². The lowest BCUT2D eigenvalue weighted by Gasteiger charge is -2.48. The van der Waals surface area contributed by atoms with Crippen molar-refractivity contribution in [2.45, 2.75) is 31.6 Å². The summed E-state index contributed by atoms with van der Waals surface area (Å²) in [6.45, 7) is 5.09. The average molecular weight is 326 g/mol. The summed E-state index contributed by atoms with van der Waals surface area (Å²) in [5, 5.41) is 3.55. The normalized spacial score (nSPS) is 26.2. The maximum atomic E-state index is 5.10. The smallest absolute Gasteiger partial charge is 0.0587 e. The highest BCUT2D eigenvalue weighted by molar-refractivity contribution is 9.10. The highest BCUT2D eigenvalue weighted by Gasteiger charge is 2.43. The van der Waals surface area contributed by atoms with Crippen molar-refractivity contribution in [1.29, 1.82) is 0 Å². The van der Waals surface area contributed by atoms with Crippen LogP contribution in [0.3, 0.4) is 0 Å². The number of ether oxygens (including phenoxy) is 1. The lowest BCUT2D eigenvalue weighted by molar-refractivity contribution is 0.128. The number of halogens is 1. The Bertz CT molecular complexity index is 384. The van der Waals surface area contributed by atoms with Gasteiger partial charge in [0, 0.05) is 30.1 Å². The van der Waals surface area contributed by atoms with Gasteiger partial charge in [-0.05, 0) is 36.5 Å². The minimum atomic E-state index is 0.342. The van der Waals surface area contributed by atoms with Crippen LogP contribution in [0, 0.1) is 5.92 Å². The number of hydrogen-bond donors (Lipinski definition) is 1. The molecule has 1 aromatic carbocycles. The van der Waals surface area contributed by atoms with E-state index >= 15 is 0 Å². The van der Waals surface area contributed by atoms with Gasteiger partial charge in [0.1, 0.15) is 0 Å². The van der Waals surface area contributed by atoms with Crippen molar-refractivity contribution in [3.05, 3.63) is 34.3 Å². The van der Waals surface area contributed by atoms with Gasteiger partial charge in [-0.15, -0.1) is 0 Å². The van der Waals surface area contributed by atoms with Gasteiger partial charge in [0.25, 0.3) is 0 Å². The monoisotopic (exact) mass is 325 g/mol. The van der Waals surface area contributed by atoms with Crippen LogP contribution in [-0.4, -0.2) is 26.8 Å². The van der Waals surface area contributed by atoms with Gasteiger partial charge >= 0.3 is 0 Å². The SMILES string of the molecule is CCC1CC(CNCCOC)(c2ccc(Br)cc2)C1. The molecular formula is C16H24BrNO. The molecule has 0 spiro atoms. The van der Waals surface area contributed by atoms with Gasteiger partial charge < -0.3 is 10.1 Å². The summed E-state index contributed by atoms with van der Waals surface area (Å²) in [5.41, 5.74) is 1.82. The Labute approximate surface area is 125 Å². The molecule has 0 bridgehead atoms. The summed E-state index contributed by atoms with van der Waals surface area (Å²) in [6.07, 6.45) is 3.92. The van der Waals surface area contributed by atoms with Gasteiger partial charge in [-0.3, -0.25) is 0 Å². The van der Waals surface area contributed by atoms with Gasteiger partial charge in [0.05, 0.1) is 6.61 Å². The van der Waals surface area contributed by atoms with E-state index in [2.05, 4.69) is 52.4 Å². The number of hydrogen-bond acceptors (Lipinski definition) is 2. The number of rotatable bonds is 7. The van der Waals surface area contributed by atoms with Gasteiger partial charge in [0.2, 0.25) is 0 Å². The molecule has 19 heavy (non-hydrogen) atoms. The van der Waals surface area contributed by atoms with Crippen molar-refractivity contribution in [3.8, 4) is 0 Å². The molecule has 0 atom stereocenters. The van der Waals surface area contributed by atoms with Crippen LogP contribution < -0.4 is 5.32 Å². The maximum Gasteiger partial charge on any atom is 0.0587 e. The van der Waals surface area contributed by atoms with Gasteiger partial charge in [-0.1, -0.05) is 41.4 Å². The molecule has 0 amide bonds. The summed E-state index contributed by atoms with van der Waals surface area (Å²) in [4.78, 5) is 0.